The van der Waals surface area contributed by atoms with E-state index in [1.807, 2.05) is 28.2 Å². The molecule has 1 aliphatic rings. The molecule has 2 aromatic carbocycles. The monoisotopic (exact) mass is 392 g/mol. The third kappa shape index (κ3) is 2.49. The zero-order valence-electron chi connectivity index (χ0n) is 13.1. The number of halogens is 2. The van der Waals surface area contributed by atoms with Crippen LogP contribution in [0.15, 0.2) is 42.5 Å². The molecule has 24 heavy (non-hydrogen) atoms. The van der Waals surface area contributed by atoms with Crippen LogP contribution in [0.3, 0.4) is 0 Å². The SMILES string of the molecule is CC1(C)Nc2ccccc2-c2c1sn(-c1cc(Cl)cc(Cl)c1)c2=S. The third-order valence-corrected chi connectivity index (χ3v) is 6.51. The molecule has 0 saturated carbocycles. The Morgan fingerprint density at radius 1 is 1.08 bits per heavy atom. The van der Waals surface area contributed by atoms with Gasteiger partial charge in [0.25, 0.3) is 0 Å². The summed E-state index contributed by atoms with van der Waals surface area (Å²) >= 11 is 19.8. The first-order chi connectivity index (χ1) is 11.4. The smallest absolute Gasteiger partial charge is 0.129 e. The first kappa shape index (κ1) is 16.2. The van der Waals surface area contributed by atoms with Crippen LogP contribution in [0.25, 0.3) is 16.8 Å². The molecule has 0 spiro atoms. The summed E-state index contributed by atoms with van der Waals surface area (Å²) in [7, 11) is 0. The van der Waals surface area contributed by atoms with E-state index in [1.165, 1.54) is 4.88 Å². The molecular formula is C18H14Cl2N2S2. The number of nitrogens with zero attached hydrogens (tertiary/aromatic N) is 1. The lowest BCUT2D eigenvalue weighted by molar-refractivity contribution is 0.620. The molecule has 6 heteroatoms. The number of rotatable bonds is 1. The minimum atomic E-state index is -0.199. The Hall–Kier alpha value is -1.33. The van der Waals surface area contributed by atoms with Crippen molar-refractivity contribution >= 4 is 52.6 Å². The van der Waals surface area contributed by atoms with Gasteiger partial charge in [0, 0.05) is 26.9 Å². The van der Waals surface area contributed by atoms with Crippen LogP contribution >= 0.6 is 47.0 Å². The van der Waals surface area contributed by atoms with E-state index in [0.29, 0.717) is 10.0 Å². The summed E-state index contributed by atoms with van der Waals surface area (Å²) in [6, 6.07) is 13.8. The van der Waals surface area contributed by atoms with Gasteiger partial charge in [-0.25, -0.2) is 0 Å². The van der Waals surface area contributed by atoms with Gasteiger partial charge in [0.2, 0.25) is 0 Å². The number of hydrogen-bond donors (Lipinski definition) is 1. The standard InChI is InChI=1S/C18H14Cl2N2S2/c1-18(2)16-15(13-5-3-4-6-14(13)21-18)17(23)22(24-16)12-8-10(19)7-11(20)9-12/h3-9,21H,1-2H3. The van der Waals surface area contributed by atoms with Crippen molar-refractivity contribution in [2.75, 3.05) is 5.32 Å². The molecule has 1 aliphatic heterocycles. The molecule has 0 fully saturated rings. The van der Waals surface area contributed by atoms with Gasteiger partial charge in [-0.3, -0.25) is 3.96 Å². The maximum atomic E-state index is 6.18. The van der Waals surface area contributed by atoms with Crippen molar-refractivity contribution in [2.45, 2.75) is 19.4 Å². The molecule has 0 atom stereocenters. The first-order valence-corrected chi connectivity index (χ1v) is 9.41. The Kier molecular flexibility index (Phi) is 3.77. The molecule has 1 N–H and O–H groups in total. The highest BCUT2D eigenvalue weighted by Gasteiger charge is 2.34. The second-order valence-electron chi connectivity index (χ2n) is 6.32. The van der Waals surface area contributed by atoms with Crippen LogP contribution in [-0.2, 0) is 5.54 Å². The highest BCUT2D eigenvalue weighted by Crippen LogP contribution is 2.47. The van der Waals surface area contributed by atoms with Gasteiger partial charge in [0.1, 0.15) is 4.64 Å². The Morgan fingerprint density at radius 3 is 2.46 bits per heavy atom. The van der Waals surface area contributed by atoms with Crippen molar-refractivity contribution < 1.29 is 0 Å². The Morgan fingerprint density at radius 2 is 1.75 bits per heavy atom. The molecule has 3 aromatic rings. The van der Waals surface area contributed by atoms with E-state index in [1.54, 1.807) is 17.6 Å². The number of para-hydroxylation sites is 1. The molecule has 122 valence electrons. The quantitative estimate of drug-likeness (QED) is 0.453. The average Bonchev–Trinajstić information content (AvgIpc) is 2.85. The average molecular weight is 393 g/mol. The number of aromatic nitrogens is 1. The van der Waals surface area contributed by atoms with E-state index >= 15 is 0 Å². The van der Waals surface area contributed by atoms with Crippen LogP contribution < -0.4 is 5.32 Å². The van der Waals surface area contributed by atoms with E-state index in [4.69, 9.17) is 35.4 Å². The molecule has 2 heterocycles. The molecule has 2 nitrogen and oxygen atoms in total. The fraction of sp³-hybridized carbons (Fsp3) is 0.167. The number of nitrogens with one attached hydrogen (secondary N) is 1. The van der Waals surface area contributed by atoms with Crippen molar-refractivity contribution in [3.63, 3.8) is 0 Å². The fourth-order valence-corrected chi connectivity index (χ4v) is 5.22. The second-order valence-corrected chi connectivity index (χ2v) is 8.53. The molecule has 0 aliphatic carbocycles. The van der Waals surface area contributed by atoms with E-state index in [9.17, 15) is 0 Å². The van der Waals surface area contributed by atoms with Crippen LogP contribution in [0, 0.1) is 4.64 Å². The summed E-state index contributed by atoms with van der Waals surface area (Å²) in [6.45, 7) is 4.34. The minimum Gasteiger partial charge on any atom is -0.375 e. The Bertz CT molecular complexity index is 998. The van der Waals surface area contributed by atoms with Crippen LogP contribution in [0.1, 0.15) is 18.7 Å². The second kappa shape index (κ2) is 5.60. The Labute approximate surface area is 159 Å². The van der Waals surface area contributed by atoms with Crippen LogP contribution in [0.5, 0.6) is 0 Å². The molecular weight excluding hydrogens is 379 g/mol. The van der Waals surface area contributed by atoms with E-state index in [0.717, 1.165) is 27.1 Å². The number of fused-ring (bicyclic) bond motifs is 3. The number of hydrogen-bond acceptors (Lipinski definition) is 3. The maximum absolute atomic E-state index is 6.18. The normalized spacial score (nSPS) is 14.7. The van der Waals surface area contributed by atoms with Crippen LogP contribution in [0.4, 0.5) is 5.69 Å². The summed E-state index contributed by atoms with van der Waals surface area (Å²) in [5, 5.41) is 4.81. The van der Waals surface area contributed by atoms with Gasteiger partial charge < -0.3 is 5.32 Å². The zero-order valence-corrected chi connectivity index (χ0v) is 16.2. The highest BCUT2D eigenvalue weighted by molar-refractivity contribution is 7.71. The van der Waals surface area contributed by atoms with Gasteiger partial charge in [0.15, 0.2) is 0 Å². The molecule has 4 rings (SSSR count). The zero-order chi connectivity index (χ0) is 17.1. The van der Waals surface area contributed by atoms with E-state index in [-0.39, 0.29) is 5.54 Å². The first-order valence-electron chi connectivity index (χ1n) is 7.48. The molecule has 0 radical (unpaired) electrons. The molecule has 0 amide bonds. The summed E-state index contributed by atoms with van der Waals surface area (Å²) in [5.41, 5.74) is 4.06. The van der Waals surface area contributed by atoms with Gasteiger partial charge in [-0.05, 0) is 38.1 Å². The predicted octanol–water partition coefficient (Wildman–Crippen LogP) is 6.90. The number of benzene rings is 2. The van der Waals surface area contributed by atoms with E-state index in [2.05, 4.69) is 31.3 Å². The predicted molar refractivity (Wildman–Crippen MR) is 107 cm³/mol. The summed E-state index contributed by atoms with van der Waals surface area (Å²) in [4.78, 5) is 1.21. The topological polar surface area (TPSA) is 17.0 Å². The van der Waals surface area contributed by atoms with Gasteiger partial charge in [-0.15, -0.1) is 0 Å². The van der Waals surface area contributed by atoms with Gasteiger partial charge in [0.05, 0.1) is 16.1 Å². The van der Waals surface area contributed by atoms with Gasteiger partial charge in [-0.2, -0.15) is 0 Å². The summed E-state index contributed by atoms with van der Waals surface area (Å²) in [5.74, 6) is 0. The molecule has 0 saturated heterocycles. The van der Waals surface area contributed by atoms with Crippen molar-refractivity contribution in [3.8, 4) is 16.8 Å². The van der Waals surface area contributed by atoms with Crippen molar-refractivity contribution in [3.05, 3.63) is 62.0 Å². The third-order valence-electron chi connectivity index (χ3n) is 4.10. The van der Waals surface area contributed by atoms with Crippen molar-refractivity contribution in [2.24, 2.45) is 0 Å². The largest absolute Gasteiger partial charge is 0.375 e. The van der Waals surface area contributed by atoms with Gasteiger partial charge >= 0.3 is 0 Å². The van der Waals surface area contributed by atoms with Crippen molar-refractivity contribution in [1.29, 1.82) is 0 Å². The van der Waals surface area contributed by atoms with E-state index < -0.39 is 0 Å². The van der Waals surface area contributed by atoms with Crippen LogP contribution in [-0.4, -0.2) is 3.96 Å². The lowest BCUT2D eigenvalue weighted by Crippen LogP contribution is -2.30. The molecule has 0 bridgehead atoms. The van der Waals surface area contributed by atoms with Gasteiger partial charge in [-0.1, -0.05) is 65.2 Å². The molecule has 1 aromatic heterocycles. The summed E-state index contributed by atoms with van der Waals surface area (Å²) in [6.07, 6.45) is 0. The lowest BCUT2D eigenvalue weighted by atomic mass is 9.90. The molecule has 0 unspecified atom stereocenters. The fourth-order valence-electron chi connectivity index (χ4n) is 3.07. The lowest BCUT2D eigenvalue weighted by Gasteiger charge is -2.33. The Balaban J connectivity index is 2.03. The highest BCUT2D eigenvalue weighted by atomic mass is 35.5. The number of anilines is 1. The maximum Gasteiger partial charge on any atom is 0.129 e. The van der Waals surface area contributed by atoms with Crippen LogP contribution in [0.2, 0.25) is 10.0 Å². The minimum absolute atomic E-state index is 0.199. The van der Waals surface area contributed by atoms with Crippen molar-refractivity contribution in [1.82, 2.24) is 3.96 Å². The summed E-state index contributed by atoms with van der Waals surface area (Å²) < 4.78 is 2.82.